The number of ether oxygens (including phenoxy) is 1. The van der Waals surface area contributed by atoms with Crippen LogP contribution in [0.2, 0.25) is 10.0 Å². The topological polar surface area (TPSA) is 84.5 Å². The number of hydrogen-bond donors (Lipinski definition) is 2. The van der Waals surface area contributed by atoms with Crippen molar-refractivity contribution in [3.8, 4) is 0 Å². The molecule has 2 amide bonds. The van der Waals surface area contributed by atoms with Gasteiger partial charge in [0.2, 0.25) is 0 Å². The van der Waals surface area contributed by atoms with Gasteiger partial charge in [0.15, 0.2) is 6.61 Å². The van der Waals surface area contributed by atoms with E-state index in [0.717, 1.165) is 0 Å². The Kier molecular flexibility index (Phi) is 7.44. The van der Waals surface area contributed by atoms with E-state index in [2.05, 4.69) is 10.6 Å². The molecule has 2 N–H and O–H groups in total. The first-order valence-electron chi connectivity index (χ1n) is 7.58. The Labute approximate surface area is 164 Å². The summed E-state index contributed by atoms with van der Waals surface area (Å²) in [5, 5.41) is 7.77. The first-order valence-corrected chi connectivity index (χ1v) is 9.22. The van der Waals surface area contributed by atoms with Crippen LogP contribution in [-0.4, -0.2) is 30.9 Å². The van der Waals surface area contributed by atoms with Gasteiger partial charge in [0.1, 0.15) is 6.54 Å². The second kappa shape index (κ2) is 9.56. The van der Waals surface area contributed by atoms with Crippen LogP contribution in [-0.2, 0) is 14.3 Å². The van der Waals surface area contributed by atoms with Gasteiger partial charge in [-0.3, -0.25) is 14.4 Å². The summed E-state index contributed by atoms with van der Waals surface area (Å²) in [4.78, 5) is 35.7. The highest BCUT2D eigenvalue weighted by Gasteiger charge is 2.15. The van der Waals surface area contributed by atoms with E-state index >= 15 is 0 Å². The Morgan fingerprint density at radius 2 is 2.00 bits per heavy atom. The maximum absolute atomic E-state index is 11.9. The molecule has 0 spiro atoms. The molecule has 0 radical (unpaired) electrons. The van der Waals surface area contributed by atoms with Crippen LogP contribution >= 0.6 is 34.5 Å². The lowest BCUT2D eigenvalue weighted by Crippen LogP contribution is -2.34. The molecule has 1 atom stereocenters. The fraction of sp³-hybridized carbons (Fsp3) is 0.235. The van der Waals surface area contributed by atoms with Gasteiger partial charge >= 0.3 is 5.97 Å². The molecule has 0 fully saturated rings. The Morgan fingerprint density at radius 1 is 1.23 bits per heavy atom. The van der Waals surface area contributed by atoms with E-state index in [1.807, 2.05) is 0 Å². The molecule has 26 heavy (non-hydrogen) atoms. The zero-order chi connectivity index (χ0) is 19.1. The molecule has 9 heteroatoms. The zero-order valence-electron chi connectivity index (χ0n) is 13.8. The van der Waals surface area contributed by atoms with Crippen LogP contribution in [0.15, 0.2) is 35.7 Å². The number of benzene rings is 1. The predicted molar refractivity (Wildman–Crippen MR) is 101 cm³/mol. The molecule has 0 aliphatic rings. The van der Waals surface area contributed by atoms with Crippen LogP contribution in [0, 0.1) is 0 Å². The Balaban J connectivity index is 1.73. The molecular weight excluding hydrogens is 399 g/mol. The minimum atomic E-state index is -0.706. The fourth-order valence-electron chi connectivity index (χ4n) is 2.06. The average molecular weight is 415 g/mol. The van der Waals surface area contributed by atoms with Crippen molar-refractivity contribution >= 4 is 52.3 Å². The lowest BCUT2D eigenvalue weighted by atomic mass is 10.1. The highest BCUT2D eigenvalue weighted by molar-refractivity contribution is 7.12. The Hall–Kier alpha value is -2.09. The molecule has 1 heterocycles. The van der Waals surface area contributed by atoms with Crippen LogP contribution in [0.25, 0.3) is 0 Å². The molecule has 0 aliphatic heterocycles. The fourth-order valence-corrected chi connectivity index (χ4v) is 3.27. The lowest BCUT2D eigenvalue weighted by molar-refractivity contribution is -0.147. The van der Waals surface area contributed by atoms with Gasteiger partial charge in [-0.25, -0.2) is 0 Å². The largest absolute Gasteiger partial charge is 0.454 e. The smallest absolute Gasteiger partial charge is 0.325 e. The number of nitrogens with one attached hydrogen (secondary N) is 2. The highest BCUT2D eigenvalue weighted by Crippen LogP contribution is 2.25. The van der Waals surface area contributed by atoms with Gasteiger partial charge in [0.05, 0.1) is 10.9 Å². The van der Waals surface area contributed by atoms with Crippen molar-refractivity contribution in [3.63, 3.8) is 0 Å². The number of carbonyl (C=O) groups excluding carboxylic acids is 3. The molecule has 6 nitrogen and oxygen atoms in total. The number of amides is 2. The van der Waals surface area contributed by atoms with Crippen molar-refractivity contribution in [2.75, 3.05) is 13.2 Å². The first-order chi connectivity index (χ1) is 12.4. The Bertz CT molecular complexity index is 796. The minimum absolute atomic E-state index is 0.317. The summed E-state index contributed by atoms with van der Waals surface area (Å²) in [6.07, 6.45) is 0. The summed E-state index contributed by atoms with van der Waals surface area (Å²) < 4.78 is 4.84. The van der Waals surface area contributed by atoms with E-state index in [-0.39, 0.29) is 18.5 Å². The van der Waals surface area contributed by atoms with Crippen LogP contribution < -0.4 is 10.6 Å². The van der Waals surface area contributed by atoms with Crippen molar-refractivity contribution in [2.45, 2.75) is 13.0 Å². The standard InChI is InChI=1S/C17H16Cl2N2O4S/c1-10(12-5-4-11(18)7-13(12)19)21-15(22)9-25-16(23)8-20-17(24)14-3-2-6-26-14/h2-7,10H,8-9H2,1H3,(H,20,24)(H,21,22)/t10-/m1/s1. The van der Waals surface area contributed by atoms with E-state index in [0.29, 0.717) is 20.5 Å². The Morgan fingerprint density at radius 3 is 2.65 bits per heavy atom. The molecule has 0 unspecified atom stereocenters. The third kappa shape index (κ3) is 6.01. The van der Waals surface area contributed by atoms with Crippen LogP contribution in [0.3, 0.4) is 0 Å². The molecular formula is C17H16Cl2N2O4S. The first kappa shape index (κ1) is 20.2. The van der Waals surface area contributed by atoms with Crippen LogP contribution in [0.4, 0.5) is 0 Å². The molecule has 2 aromatic rings. The maximum Gasteiger partial charge on any atom is 0.325 e. The SMILES string of the molecule is C[C@@H](NC(=O)COC(=O)CNC(=O)c1cccs1)c1ccc(Cl)cc1Cl. The molecule has 0 aliphatic carbocycles. The van der Waals surface area contributed by atoms with Gasteiger partial charge in [-0.15, -0.1) is 11.3 Å². The van der Waals surface area contributed by atoms with Crippen LogP contribution in [0.5, 0.6) is 0 Å². The molecule has 1 aromatic heterocycles. The van der Waals surface area contributed by atoms with Crippen molar-refractivity contribution in [1.82, 2.24) is 10.6 Å². The normalized spacial score (nSPS) is 11.5. The van der Waals surface area contributed by atoms with E-state index in [1.165, 1.54) is 11.3 Å². The second-order valence-electron chi connectivity index (χ2n) is 5.28. The zero-order valence-corrected chi connectivity index (χ0v) is 16.1. The molecule has 2 rings (SSSR count). The number of esters is 1. The summed E-state index contributed by atoms with van der Waals surface area (Å²) in [7, 11) is 0. The van der Waals surface area contributed by atoms with Gasteiger partial charge in [-0.1, -0.05) is 35.3 Å². The monoisotopic (exact) mass is 414 g/mol. The molecule has 0 saturated carbocycles. The highest BCUT2D eigenvalue weighted by atomic mass is 35.5. The van der Waals surface area contributed by atoms with Crippen LogP contribution in [0.1, 0.15) is 28.2 Å². The molecule has 0 saturated heterocycles. The van der Waals surface area contributed by atoms with E-state index in [4.69, 9.17) is 27.9 Å². The maximum atomic E-state index is 11.9. The van der Waals surface area contributed by atoms with Gasteiger partial charge in [-0.05, 0) is 36.1 Å². The molecule has 1 aromatic carbocycles. The average Bonchev–Trinajstić information content (AvgIpc) is 3.12. The van der Waals surface area contributed by atoms with E-state index in [9.17, 15) is 14.4 Å². The predicted octanol–water partition coefficient (Wildman–Crippen LogP) is 3.21. The van der Waals surface area contributed by atoms with Crippen molar-refractivity contribution in [3.05, 3.63) is 56.2 Å². The molecule has 138 valence electrons. The summed E-state index contributed by atoms with van der Waals surface area (Å²) in [6.45, 7) is 0.974. The van der Waals surface area contributed by atoms with Crippen molar-refractivity contribution in [1.29, 1.82) is 0 Å². The number of carbonyl (C=O) groups is 3. The van der Waals surface area contributed by atoms with E-state index < -0.39 is 18.5 Å². The summed E-state index contributed by atoms with van der Waals surface area (Å²) >= 11 is 13.2. The second-order valence-corrected chi connectivity index (χ2v) is 7.07. The number of thiophene rings is 1. The van der Waals surface area contributed by atoms with Gasteiger partial charge < -0.3 is 15.4 Å². The summed E-state index contributed by atoms with van der Waals surface area (Å²) in [6, 6.07) is 7.95. The minimum Gasteiger partial charge on any atom is -0.454 e. The third-order valence-corrected chi connectivity index (χ3v) is 4.74. The van der Waals surface area contributed by atoms with E-state index in [1.54, 1.807) is 42.6 Å². The third-order valence-electron chi connectivity index (χ3n) is 3.31. The van der Waals surface area contributed by atoms with Gasteiger partial charge in [-0.2, -0.15) is 0 Å². The number of hydrogen-bond acceptors (Lipinski definition) is 5. The summed E-state index contributed by atoms with van der Waals surface area (Å²) in [5.41, 5.74) is 0.693. The van der Waals surface area contributed by atoms with Crippen molar-refractivity contribution in [2.24, 2.45) is 0 Å². The van der Waals surface area contributed by atoms with Gasteiger partial charge in [0, 0.05) is 10.0 Å². The van der Waals surface area contributed by atoms with Gasteiger partial charge in [0.25, 0.3) is 11.8 Å². The van der Waals surface area contributed by atoms with Crippen molar-refractivity contribution < 1.29 is 19.1 Å². The lowest BCUT2D eigenvalue weighted by Gasteiger charge is -2.16. The number of halogens is 2. The number of rotatable bonds is 7. The summed E-state index contributed by atoms with van der Waals surface area (Å²) in [5.74, 6) is -1.56. The molecule has 0 bridgehead atoms. The quantitative estimate of drug-likeness (QED) is 0.681.